The molecule has 0 bridgehead atoms. The van der Waals surface area contributed by atoms with E-state index in [1.807, 2.05) is 11.7 Å². The van der Waals surface area contributed by atoms with Crippen LogP contribution in [0.3, 0.4) is 0 Å². The summed E-state index contributed by atoms with van der Waals surface area (Å²) in [4.78, 5) is 4.42. The Balaban J connectivity index is 2.04. The minimum absolute atomic E-state index is 0.470. The Labute approximate surface area is 123 Å². The molecule has 4 nitrogen and oxygen atoms in total. The quantitative estimate of drug-likeness (QED) is 0.900. The molecule has 0 saturated heterocycles. The van der Waals surface area contributed by atoms with E-state index in [-0.39, 0.29) is 0 Å². The largest absolute Gasteiger partial charge is 0.314 e. The Hall–Kier alpha value is -0.900. The zero-order valence-corrected chi connectivity index (χ0v) is 13.7. The highest BCUT2D eigenvalue weighted by Crippen LogP contribution is 2.42. The first-order valence-electron chi connectivity index (χ1n) is 7.93. The van der Waals surface area contributed by atoms with Gasteiger partial charge in [-0.25, -0.2) is 4.98 Å². The van der Waals surface area contributed by atoms with E-state index < -0.39 is 0 Å². The molecule has 1 N–H and O–H groups in total. The van der Waals surface area contributed by atoms with Crippen LogP contribution in [-0.2, 0) is 13.5 Å². The van der Waals surface area contributed by atoms with Crippen LogP contribution in [0.1, 0.15) is 52.8 Å². The Bertz CT molecular complexity index is 420. The molecule has 0 radical (unpaired) electrons. The molecule has 20 heavy (non-hydrogen) atoms. The van der Waals surface area contributed by atoms with Crippen molar-refractivity contribution in [1.29, 1.82) is 0 Å². The van der Waals surface area contributed by atoms with Gasteiger partial charge in [0.15, 0.2) is 0 Å². The molecule has 2 atom stereocenters. The van der Waals surface area contributed by atoms with Gasteiger partial charge in [-0.1, -0.05) is 27.7 Å². The lowest BCUT2D eigenvalue weighted by Gasteiger charge is -2.41. The second kappa shape index (κ2) is 6.25. The van der Waals surface area contributed by atoms with E-state index in [1.165, 1.54) is 19.3 Å². The van der Waals surface area contributed by atoms with Crippen molar-refractivity contribution < 1.29 is 0 Å². The molecule has 1 aromatic rings. The summed E-state index contributed by atoms with van der Waals surface area (Å²) in [5.74, 6) is 2.61. The molecule has 1 fully saturated rings. The van der Waals surface area contributed by atoms with Gasteiger partial charge in [-0.2, -0.15) is 5.10 Å². The number of aryl methyl sites for hydroxylation is 1. The standard InChI is InChI=1S/C16H30N4/c1-12(2)17-10-13-6-7-16(3,4)9-14(13)8-15-18-11-19-20(15)5/h11-14,17H,6-10H2,1-5H3. The van der Waals surface area contributed by atoms with Crippen molar-refractivity contribution in [2.75, 3.05) is 6.54 Å². The maximum Gasteiger partial charge on any atom is 0.138 e. The number of hydrogen-bond acceptors (Lipinski definition) is 3. The monoisotopic (exact) mass is 278 g/mol. The van der Waals surface area contributed by atoms with E-state index >= 15 is 0 Å². The third-order valence-electron chi connectivity index (χ3n) is 4.71. The van der Waals surface area contributed by atoms with Gasteiger partial charge >= 0.3 is 0 Å². The third-order valence-corrected chi connectivity index (χ3v) is 4.71. The maximum absolute atomic E-state index is 4.42. The van der Waals surface area contributed by atoms with Crippen molar-refractivity contribution in [2.45, 2.75) is 59.4 Å². The van der Waals surface area contributed by atoms with Gasteiger partial charge in [-0.15, -0.1) is 0 Å². The Kier molecular flexibility index (Phi) is 4.84. The summed E-state index contributed by atoms with van der Waals surface area (Å²) in [5, 5.41) is 7.83. The number of aromatic nitrogens is 3. The second-order valence-corrected chi connectivity index (χ2v) is 7.49. The lowest BCUT2D eigenvalue weighted by Crippen LogP contribution is -2.39. The number of rotatable bonds is 5. The third kappa shape index (κ3) is 4.05. The Morgan fingerprint density at radius 3 is 2.75 bits per heavy atom. The Morgan fingerprint density at radius 2 is 2.15 bits per heavy atom. The van der Waals surface area contributed by atoms with Gasteiger partial charge in [-0.3, -0.25) is 4.68 Å². The average Bonchev–Trinajstić information content (AvgIpc) is 2.73. The van der Waals surface area contributed by atoms with Crippen LogP contribution < -0.4 is 5.32 Å². The van der Waals surface area contributed by atoms with E-state index in [0.29, 0.717) is 17.4 Å². The van der Waals surface area contributed by atoms with Crippen LogP contribution >= 0.6 is 0 Å². The Morgan fingerprint density at radius 1 is 1.40 bits per heavy atom. The van der Waals surface area contributed by atoms with Gasteiger partial charge in [-0.05, 0) is 43.1 Å². The number of hydrogen-bond donors (Lipinski definition) is 1. The fraction of sp³-hybridized carbons (Fsp3) is 0.875. The zero-order chi connectivity index (χ0) is 14.8. The molecule has 1 aliphatic carbocycles. The van der Waals surface area contributed by atoms with Gasteiger partial charge in [0.25, 0.3) is 0 Å². The van der Waals surface area contributed by atoms with Crippen LogP contribution in [-0.4, -0.2) is 27.4 Å². The SMILES string of the molecule is CC(C)NCC1CCC(C)(C)CC1Cc1ncnn1C. The van der Waals surface area contributed by atoms with Gasteiger partial charge < -0.3 is 5.32 Å². The molecule has 2 rings (SSSR count). The molecule has 1 aliphatic rings. The molecule has 1 heterocycles. The molecule has 0 aliphatic heterocycles. The summed E-state index contributed by atoms with van der Waals surface area (Å²) in [6.07, 6.45) is 6.70. The van der Waals surface area contributed by atoms with Crippen LogP contribution in [0.15, 0.2) is 6.33 Å². The van der Waals surface area contributed by atoms with E-state index in [9.17, 15) is 0 Å². The maximum atomic E-state index is 4.42. The molecular weight excluding hydrogens is 248 g/mol. The molecular formula is C16H30N4. The van der Waals surface area contributed by atoms with Gasteiger partial charge in [0.2, 0.25) is 0 Å². The first-order chi connectivity index (χ1) is 9.37. The number of nitrogens with zero attached hydrogens (tertiary/aromatic N) is 3. The van der Waals surface area contributed by atoms with E-state index in [1.54, 1.807) is 6.33 Å². The van der Waals surface area contributed by atoms with Crippen molar-refractivity contribution in [1.82, 2.24) is 20.1 Å². The van der Waals surface area contributed by atoms with E-state index in [0.717, 1.165) is 24.7 Å². The molecule has 114 valence electrons. The molecule has 1 aromatic heterocycles. The predicted molar refractivity (Wildman–Crippen MR) is 82.5 cm³/mol. The lowest BCUT2D eigenvalue weighted by molar-refractivity contribution is 0.112. The van der Waals surface area contributed by atoms with Gasteiger partial charge in [0.05, 0.1) is 0 Å². The molecule has 2 unspecified atom stereocenters. The fourth-order valence-corrected chi connectivity index (χ4v) is 3.42. The highest BCUT2D eigenvalue weighted by atomic mass is 15.3. The van der Waals surface area contributed by atoms with Crippen molar-refractivity contribution >= 4 is 0 Å². The van der Waals surface area contributed by atoms with Crippen LogP contribution in [0.25, 0.3) is 0 Å². The van der Waals surface area contributed by atoms with Crippen LogP contribution in [0.2, 0.25) is 0 Å². The highest BCUT2D eigenvalue weighted by Gasteiger charge is 2.35. The number of nitrogens with one attached hydrogen (secondary N) is 1. The second-order valence-electron chi connectivity index (χ2n) is 7.49. The first kappa shape index (κ1) is 15.5. The zero-order valence-electron chi connectivity index (χ0n) is 13.7. The summed E-state index contributed by atoms with van der Waals surface area (Å²) in [6, 6.07) is 0.570. The van der Waals surface area contributed by atoms with Crippen LogP contribution in [0, 0.1) is 17.3 Å². The molecule has 0 spiro atoms. The smallest absolute Gasteiger partial charge is 0.138 e. The van der Waals surface area contributed by atoms with Crippen molar-refractivity contribution in [3.63, 3.8) is 0 Å². The lowest BCUT2D eigenvalue weighted by atomic mass is 9.66. The topological polar surface area (TPSA) is 42.7 Å². The molecule has 1 saturated carbocycles. The summed E-state index contributed by atoms with van der Waals surface area (Å²) < 4.78 is 1.93. The molecule has 4 heteroatoms. The molecule has 0 aromatic carbocycles. The van der Waals surface area contributed by atoms with E-state index in [2.05, 4.69) is 43.1 Å². The van der Waals surface area contributed by atoms with Crippen LogP contribution in [0.4, 0.5) is 0 Å². The van der Waals surface area contributed by atoms with Gasteiger partial charge in [0.1, 0.15) is 12.2 Å². The van der Waals surface area contributed by atoms with E-state index in [4.69, 9.17) is 0 Å². The predicted octanol–water partition coefficient (Wildman–Crippen LogP) is 2.80. The first-order valence-corrected chi connectivity index (χ1v) is 7.93. The van der Waals surface area contributed by atoms with Gasteiger partial charge in [0, 0.05) is 19.5 Å². The summed E-state index contributed by atoms with van der Waals surface area (Å²) >= 11 is 0. The fourth-order valence-electron chi connectivity index (χ4n) is 3.42. The summed E-state index contributed by atoms with van der Waals surface area (Å²) in [7, 11) is 2.00. The summed E-state index contributed by atoms with van der Waals surface area (Å²) in [5.41, 5.74) is 0.470. The average molecular weight is 278 g/mol. The summed E-state index contributed by atoms with van der Waals surface area (Å²) in [6.45, 7) is 10.4. The van der Waals surface area contributed by atoms with Crippen molar-refractivity contribution in [3.05, 3.63) is 12.2 Å². The normalized spacial score (nSPS) is 26.1. The molecule has 0 amide bonds. The minimum atomic E-state index is 0.470. The van der Waals surface area contributed by atoms with Crippen molar-refractivity contribution in [2.24, 2.45) is 24.3 Å². The minimum Gasteiger partial charge on any atom is -0.314 e. The van der Waals surface area contributed by atoms with Crippen LogP contribution in [0.5, 0.6) is 0 Å². The highest BCUT2D eigenvalue weighted by molar-refractivity contribution is 4.93. The van der Waals surface area contributed by atoms with Crippen molar-refractivity contribution in [3.8, 4) is 0 Å².